The molecule has 7 heteroatoms. The van der Waals surface area contributed by atoms with Gasteiger partial charge in [0.1, 0.15) is 26.4 Å². The van der Waals surface area contributed by atoms with E-state index < -0.39 is 32.4 Å². The van der Waals surface area contributed by atoms with Gasteiger partial charge in [-0.1, -0.05) is 105 Å². The number of ketones is 1. The summed E-state index contributed by atoms with van der Waals surface area (Å²) in [6, 6.07) is 9.42. The van der Waals surface area contributed by atoms with Crippen molar-refractivity contribution in [1.29, 1.82) is 0 Å². The fraction of sp³-hybridized carbons (Fsp3) is 0.676. The number of aliphatic hydroxyl groups excluding tert-OH is 2. The number of amides is 1. The molecule has 1 aliphatic carbocycles. The molecule has 1 fully saturated rings. The topological polar surface area (TPSA) is 87.1 Å². The van der Waals surface area contributed by atoms with Crippen molar-refractivity contribution in [2.45, 2.75) is 154 Å². The zero-order valence-corrected chi connectivity index (χ0v) is 29.6. The molecule has 0 saturated heterocycles. The number of rotatable bonds is 10. The van der Waals surface area contributed by atoms with Gasteiger partial charge >= 0.3 is 6.09 Å². The predicted molar refractivity (Wildman–Crippen MR) is 181 cm³/mol. The number of nitrogens with zero attached hydrogens (tertiary/aromatic N) is 1. The van der Waals surface area contributed by atoms with Crippen LogP contribution in [-0.2, 0) is 14.9 Å². The van der Waals surface area contributed by atoms with E-state index in [1.807, 2.05) is 25.1 Å². The average molecular weight is 624 g/mol. The Morgan fingerprint density at radius 2 is 1.61 bits per heavy atom. The van der Waals surface area contributed by atoms with Crippen LogP contribution in [0.1, 0.15) is 113 Å². The van der Waals surface area contributed by atoms with Crippen molar-refractivity contribution >= 4 is 20.0 Å². The van der Waals surface area contributed by atoms with Gasteiger partial charge in [-0.05, 0) is 58.5 Å². The van der Waals surface area contributed by atoms with Gasteiger partial charge in [0.25, 0.3) is 0 Å². The van der Waals surface area contributed by atoms with Crippen LogP contribution in [0.3, 0.4) is 0 Å². The van der Waals surface area contributed by atoms with Gasteiger partial charge in [0.2, 0.25) is 0 Å². The first-order chi connectivity index (χ1) is 20.7. The number of carbonyl (C=O) groups is 2. The van der Waals surface area contributed by atoms with Crippen molar-refractivity contribution in [2.75, 3.05) is 0 Å². The minimum absolute atomic E-state index is 0.0460. The Balaban J connectivity index is 2.07. The summed E-state index contributed by atoms with van der Waals surface area (Å²) in [4.78, 5) is 29.8. The summed E-state index contributed by atoms with van der Waals surface area (Å²) >= 11 is 0. The van der Waals surface area contributed by atoms with E-state index >= 15 is 0 Å². The number of ether oxygens (including phenoxy) is 1. The molecule has 3 rings (SSSR count). The lowest BCUT2D eigenvalue weighted by Gasteiger charge is -2.48. The molecule has 0 aromatic heterocycles. The molecule has 0 spiro atoms. The van der Waals surface area contributed by atoms with Gasteiger partial charge in [0.15, 0.2) is 5.78 Å². The van der Waals surface area contributed by atoms with Gasteiger partial charge in [-0.25, -0.2) is 4.79 Å². The van der Waals surface area contributed by atoms with Gasteiger partial charge in [0.05, 0.1) is 6.04 Å². The first-order valence-corrected chi connectivity index (χ1v) is 19.1. The summed E-state index contributed by atoms with van der Waals surface area (Å²) in [5.74, 6) is 5.70. The van der Waals surface area contributed by atoms with Crippen LogP contribution in [0.2, 0.25) is 16.6 Å². The second-order valence-corrected chi connectivity index (χ2v) is 20.3. The van der Waals surface area contributed by atoms with Gasteiger partial charge in [-0.2, -0.15) is 0 Å². The maximum atomic E-state index is 14.3. The number of hydrogen-bond donors (Lipinski definition) is 2. The lowest BCUT2D eigenvalue weighted by Crippen LogP contribution is -2.57. The van der Waals surface area contributed by atoms with E-state index in [2.05, 4.69) is 79.4 Å². The molecule has 44 heavy (non-hydrogen) atoms. The molecule has 1 aromatic rings. The van der Waals surface area contributed by atoms with Crippen LogP contribution < -0.4 is 0 Å². The molecule has 2 N–H and O–H groups in total. The predicted octanol–water partition coefficient (Wildman–Crippen LogP) is 7.93. The SMILES string of the molecule is CCCC#C[C@H](O)[C@H](O)[C@H]1CC(=O)C([Si](C(C)C)(C(C)C)C(C)C)=CN1C(=O)O[C@H]1CCCC[C@@H]1C(C)(C)c1ccccc1. The number of unbranched alkanes of at least 4 members (excludes halogenated alkanes) is 1. The van der Waals surface area contributed by atoms with E-state index in [4.69, 9.17) is 4.74 Å². The van der Waals surface area contributed by atoms with Crippen LogP contribution in [0.25, 0.3) is 0 Å². The third-order valence-corrected chi connectivity index (χ3v) is 17.7. The Labute approximate surface area is 267 Å². The second kappa shape index (κ2) is 15.3. The van der Waals surface area contributed by atoms with Crippen LogP contribution in [0.4, 0.5) is 4.79 Å². The lowest BCUT2D eigenvalue weighted by molar-refractivity contribution is -0.119. The number of carbonyl (C=O) groups excluding carboxylic acids is 2. The molecule has 1 aromatic carbocycles. The van der Waals surface area contributed by atoms with Gasteiger partial charge in [-0.3, -0.25) is 9.69 Å². The summed E-state index contributed by atoms with van der Waals surface area (Å²) in [6.45, 7) is 19.6. The fourth-order valence-electron chi connectivity index (χ4n) is 8.40. The van der Waals surface area contributed by atoms with Crippen molar-refractivity contribution in [3.63, 3.8) is 0 Å². The third-order valence-electron chi connectivity index (χ3n) is 10.6. The smallest absolute Gasteiger partial charge is 0.414 e. The highest BCUT2D eigenvalue weighted by Crippen LogP contribution is 2.49. The lowest BCUT2D eigenvalue weighted by atomic mass is 9.66. The average Bonchev–Trinajstić information content (AvgIpc) is 2.97. The molecule has 1 heterocycles. The van der Waals surface area contributed by atoms with Crippen molar-refractivity contribution in [2.24, 2.45) is 5.92 Å². The highest BCUT2D eigenvalue weighted by Gasteiger charge is 2.52. The molecule has 5 atom stereocenters. The Morgan fingerprint density at radius 3 is 2.18 bits per heavy atom. The van der Waals surface area contributed by atoms with E-state index in [0.29, 0.717) is 6.42 Å². The summed E-state index contributed by atoms with van der Waals surface area (Å²) in [5, 5.41) is 22.9. The molecular weight excluding hydrogens is 566 g/mol. The third kappa shape index (κ3) is 7.35. The Bertz CT molecular complexity index is 1190. The molecule has 1 saturated carbocycles. The maximum absolute atomic E-state index is 14.3. The molecule has 0 radical (unpaired) electrons. The highest BCUT2D eigenvalue weighted by atomic mass is 28.3. The number of aliphatic hydroxyl groups is 2. The van der Waals surface area contributed by atoms with Crippen LogP contribution >= 0.6 is 0 Å². The van der Waals surface area contributed by atoms with Crippen LogP contribution in [0.5, 0.6) is 0 Å². The Kier molecular flexibility index (Phi) is 12.5. The van der Waals surface area contributed by atoms with E-state index in [1.165, 1.54) is 10.5 Å². The summed E-state index contributed by atoms with van der Waals surface area (Å²) in [7, 11) is -2.44. The van der Waals surface area contributed by atoms with Crippen LogP contribution in [-0.4, -0.2) is 59.4 Å². The molecule has 0 bridgehead atoms. The largest absolute Gasteiger partial charge is 0.446 e. The summed E-state index contributed by atoms with van der Waals surface area (Å²) in [6.07, 6.45) is 3.15. The molecule has 1 aliphatic heterocycles. The standard InChI is InChI=1S/C37H57NO5Si/c1-10-11-13-21-31(39)35(41)30-23-32(40)34(44(25(2)3,26(4)5)27(6)7)24-38(30)36(42)43-33-22-17-16-20-29(33)37(8,9)28-18-14-12-15-19-28/h12,14-15,18-19,24-27,29-31,33,35,39,41H,10-11,16-17,20,22-23H2,1-9H3/t29-,30+,31-,33-,35+/m0/s1. The Hall–Kier alpha value is -2.40. The fourth-order valence-corrected chi connectivity index (χ4v) is 15.2. The van der Waals surface area contributed by atoms with Crippen molar-refractivity contribution in [3.8, 4) is 11.8 Å². The van der Waals surface area contributed by atoms with Crippen molar-refractivity contribution in [3.05, 3.63) is 47.3 Å². The van der Waals surface area contributed by atoms with E-state index in [9.17, 15) is 19.8 Å². The number of allylic oxidation sites excluding steroid dienone is 1. The van der Waals surface area contributed by atoms with Crippen LogP contribution in [0, 0.1) is 17.8 Å². The van der Waals surface area contributed by atoms with Gasteiger partial charge in [-0.15, -0.1) is 5.92 Å². The molecule has 0 unspecified atom stereocenters. The van der Waals surface area contributed by atoms with Gasteiger partial charge < -0.3 is 14.9 Å². The molecule has 1 amide bonds. The summed E-state index contributed by atoms with van der Waals surface area (Å²) in [5.41, 5.74) is 1.78. The van der Waals surface area contributed by atoms with Crippen molar-refractivity contribution < 1.29 is 24.5 Å². The normalized spacial score (nSPS) is 22.9. The quantitative estimate of drug-likeness (QED) is 0.204. The first kappa shape index (κ1) is 36.1. The number of benzene rings is 1. The molecular formula is C37H57NO5Si. The first-order valence-electron chi connectivity index (χ1n) is 16.9. The van der Waals surface area contributed by atoms with E-state index in [0.717, 1.165) is 37.3 Å². The second-order valence-electron chi connectivity index (χ2n) is 14.4. The minimum Gasteiger partial charge on any atom is -0.446 e. The van der Waals surface area contributed by atoms with Gasteiger partial charge in [0, 0.05) is 25.0 Å². The van der Waals surface area contributed by atoms with E-state index in [-0.39, 0.29) is 46.3 Å². The highest BCUT2D eigenvalue weighted by molar-refractivity contribution is 6.93. The van der Waals surface area contributed by atoms with E-state index in [1.54, 1.807) is 6.20 Å². The summed E-state index contributed by atoms with van der Waals surface area (Å²) < 4.78 is 6.41. The maximum Gasteiger partial charge on any atom is 0.414 e. The monoisotopic (exact) mass is 623 g/mol. The number of Topliss-reactive ketones (excluding diaryl/α,β-unsaturated/α-hetero) is 1. The molecule has 6 nitrogen and oxygen atoms in total. The molecule has 244 valence electrons. The zero-order chi connectivity index (χ0) is 32.8. The zero-order valence-electron chi connectivity index (χ0n) is 28.6. The van der Waals surface area contributed by atoms with Crippen LogP contribution in [0.15, 0.2) is 41.7 Å². The Morgan fingerprint density at radius 1 is 1.02 bits per heavy atom. The molecule has 2 aliphatic rings. The number of hydrogen-bond acceptors (Lipinski definition) is 5. The van der Waals surface area contributed by atoms with Crippen molar-refractivity contribution in [1.82, 2.24) is 4.90 Å². The minimum atomic E-state index is -2.44.